The van der Waals surface area contributed by atoms with E-state index in [2.05, 4.69) is 130 Å². The minimum Gasteiger partial charge on any atom is -0.449 e. The summed E-state index contributed by atoms with van der Waals surface area (Å²) in [6.45, 7) is 4.13. The van der Waals surface area contributed by atoms with Crippen LogP contribution in [0.15, 0.2) is 180 Å². The number of amides is 2. The summed E-state index contributed by atoms with van der Waals surface area (Å²) in [6.07, 6.45) is 2.24. The lowest BCUT2D eigenvalue weighted by Gasteiger charge is -2.21. The van der Waals surface area contributed by atoms with Gasteiger partial charge in [0.1, 0.15) is 0 Å². The summed E-state index contributed by atoms with van der Waals surface area (Å²) in [5.74, 6) is 0. The highest BCUT2D eigenvalue weighted by Gasteiger charge is 2.20. The molecule has 0 atom stereocenters. The third-order valence-electron chi connectivity index (χ3n) is 7.68. The molecular weight excluding hydrogens is 710 g/mol. The first-order valence-electron chi connectivity index (χ1n) is 17.5. The number of nitrogens with zero attached hydrogens (tertiary/aromatic N) is 2. The van der Waals surface area contributed by atoms with Gasteiger partial charge in [0, 0.05) is 11.1 Å². The maximum absolute atomic E-state index is 11.5. The minimum absolute atomic E-state index is 0.311. The van der Waals surface area contributed by atoms with Crippen molar-refractivity contribution in [2.45, 2.75) is 13.8 Å². The molecule has 0 fully saturated rings. The fourth-order valence-electron chi connectivity index (χ4n) is 5.40. The molecule has 2 N–H and O–H groups in total. The first-order valence-corrected chi connectivity index (χ1v) is 20.2. The fourth-order valence-corrected chi connectivity index (χ4v) is 10.2. The first kappa shape index (κ1) is 39.3. The van der Waals surface area contributed by atoms with Crippen molar-refractivity contribution in [2.75, 3.05) is 13.2 Å². The van der Waals surface area contributed by atoms with Crippen LogP contribution in [0.4, 0.5) is 9.59 Å². The van der Waals surface area contributed by atoms with Gasteiger partial charge < -0.3 is 9.47 Å². The topological polar surface area (TPSA) is 101 Å². The highest BCUT2D eigenvalue weighted by Crippen LogP contribution is 2.34. The highest BCUT2D eigenvalue weighted by atomic mass is 31.1. The van der Waals surface area contributed by atoms with E-state index < -0.39 is 28.0 Å². The molecule has 0 aromatic heterocycles. The number of hydrogen-bond acceptors (Lipinski definition) is 6. The quantitative estimate of drug-likeness (QED) is 0.0796. The molecule has 272 valence electrons. The van der Waals surface area contributed by atoms with E-state index in [4.69, 9.17) is 9.47 Å². The van der Waals surface area contributed by atoms with Gasteiger partial charge in [0.2, 0.25) is 0 Å². The summed E-state index contributed by atoms with van der Waals surface area (Å²) in [7, 11) is -1.48. The van der Waals surface area contributed by atoms with Gasteiger partial charge in [0.15, 0.2) is 0 Å². The summed E-state index contributed by atoms with van der Waals surface area (Å²) in [5.41, 5.74) is 6.72. The molecule has 6 aromatic rings. The second-order valence-corrected chi connectivity index (χ2v) is 15.7. The van der Waals surface area contributed by atoms with Crippen LogP contribution in [-0.2, 0) is 9.47 Å². The van der Waals surface area contributed by atoms with Crippen LogP contribution in [0.3, 0.4) is 0 Å². The third kappa shape index (κ3) is 11.5. The Kier molecular flexibility index (Phi) is 15.7. The number of benzene rings is 6. The van der Waals surface area contributed by atoms with Gasteiger partial charge in [0.25, 0.3) is 0 Å². The molecule has 6 aromatic carbocycles. The van der Waals surface area contributed by atoms with Gasteiger partial charge in [-0.1, -0.05) is 170 Å². The van der Waals surface area contributed by atoms with Crippen molar-refractivity contribution in [1.82, 2.24) is 10.9 Å². The van der Waals surface area contributed by atoms with Crippen molar-refractivity contribution < 1.29 is 19.1 Å². The summed E-state index contributed by atoms with van der Waals surface area (Å²) < 4.78 is 9.67. The van der Waals surface area contributed by atoms with Crippen molar-refractivity contribution in [3.05, 3.63) is 181 Å². The van der Waals surface area contributed by atoms with Crippen LogP contribution in [0.1, 0.15) is 25.0 Å². The molecular formula is C44H42N4O4P2. The van der Waals surface area contributed by atoms with E-state index >= 15 is 0 Å². The fraction of sp³-hybridized carbons (Fsp3) is 0.0909. The van der Waals surface area contributed by atoms with Crippen molar-refractivity contribution in [2.24, 2.45) is 10.2 Å². The van der Waals surface area contributed by atoms with E-state index in [1.807, 2.05) is 60.7 Å². The number of carbonyl (C=O) groups excluding carboxylic acids is 2. The van der Waals surface area contributed by atoms with Gasteiger partial charge in [-0.2, -0.15) is 10.2 Å². The van der Waals surface area contributed by atoms with Crippen LogP contribution < -0.4 is 42.7 Å². The number of rotatable bonds is 12. The number of hydrazone groups is 2. The molecule has 8 nitrogen and oxygen atoms in total. The SMILES string of the molecule is CCOC(=O)N/N=C/c1ccccc1P(c1ccccc1)c1ccccc1.CCOC(=O)N/N=C/c1ccccc1P(c1ccccc1)c1ccccc1. The van der Waals surface area contributed by atoms with Gasteiger partial charge in [0.05, 0.1) is 25.6 Å². The molecule has 0 saturated carbocycles. The highest BCUT2D eigenvalue weighted by molar-refractivity contribution is 7.80. The molecule has 6 rings (SSSR count). The Hall–Kier alpha value is -5.94. The lowest BCUT2D eigenvalue weighted by atomic mass is 10.2. The van der Waals surface area contributed by atoms with E-state index in [1.54, 1.807) is 26.3 Å². The van der Waals surface area contributed by atoms with Gasteiger partial charge >= 0.3 is 12.2 Å². The summed E-state index contributed by atoms with van der Waals surface area (Å²) in [5, 5.41) is 15.5. The zero-order chi connectivity index (χ0) is 37.8. The molecule has 0 bridgehead atoms. The molecule has 0 unspecified atom stereocenters. The summed E-state index contributed by atoms with van der Waals surface area (Å²) in [6, 6.07) is 58.1. The molecule has 0 saturated heterocycles. The second kappa shape index (κ2) is 21.6. The maximum atomic E-state index is 11.5. The second-order valence-electron chi connectivity index (χ2n) is 11.3. The Morgan fingerprint density at radius 3 is 1.04 bits per heavy atom. The average Bonchev–Trinajstić information content (AvgIpc) is 3.21. The zero-order valence-electron chi connectivity index (χ0n) is 30.2. The van der Waals surface area contributed by atoms with Gasteiger partial charge in [-0.05, 0) is 61.5 Å². The largest absolute Gasteiger partial charge is 0.449 e. The van der Waals surface area contributed by atoms with Gasteiger partial charge in [-0.3, -0.25) is 0 Å². The minimum atomic E-state index is -0.741. The Labute approximate surface area is 319 Å². The first-order chi connectivity index (χ1) is 26.6. The van der Waals surface area contributed by atoms with Crippen molar-refractivity contribution in [1.29, 1.82) is 0 Å². The number of carbonyl (C=O) groups is 2. The van der Waals surface area contributed by atoms with Crippen LogP contribution in [0.2, 0.25) is 0 Å². The Morgan fingerprint density at radius 2 is 0.741 bits per heavy atom. The summed E-state index contributed by atoms with van der Waals surface area (Å²) in [4.78, 5) is 22.9. The molecule has 10 heteroatoms. The summed E-state index contributed by atoms with van der Waals surface area (Å²) >= 11 is 0. The Balaban J connectivity index is 0.000000208. The van der Waals surface area contributed by atoms with Crippen molar-refractivity contribution in [3.63, 3.8) is 0 Å². The monoisotopic (exact) mass is 752 g/mol. The molecule has 0 aliphatic heterocycles. The smallest absolute Gasteiger partial charge is 0.427 e. The molecule has 2 amide bonds. The van der Waals surface area contributed by atoms with Gasteiger partial charge in [-0.25, -0.2) is 20.4 Å². The molecule has 0 spiro atoms. The van der Waals surface area contributed by atoms with E-state index in [0.717, 1.165) is 11.1 Å². The van der Waals surface area contributed by atoms with Crippen LogP contribution in [0, 0.1) is 0 Å². The van der Waals surface area contributed by atoms with E-state index in [1.165, 1.54) is 31.8 Å². The molecule has 0 aliphatic rings. The van der Waals surface area contributed by atoms with Gasteiger partial charge in [-0.15, -0.1) is 0 Å². The predicted molar refractivity (Wildman–Crippen MR) is 226 cm³/mol. The Bertz CT molecular complexity index is 1870. The van der Waals surface area contributed by atoms with E-state index in [0.29, 0.717) is 13.2 Å². The molecule has 0 heterocycles. The standard InChI is InChI=1S/2C22H21N2O2P/c2*1-2-26-22(25)24-23-17-18-11-9-10-16-21(18)27(19-12-5-3-6-13-19)20-14-7-4-8-15-20/h2*3-17H,2H2,1H3,(H,24,25)/b2*23-17+. The number of nitrogens with one attached hydrogen (secondary N) is 2. The lowest BCUT2D eigenvalue weighted by molar-refractivity contribution is 0.152. The van der Waals surface area contributed by atoms with E-state index in [-0.39, 0.29) is 0 Å². The van der Waals surface area contributed by atoms with Crippen LogP contribution >= 0.6 is 15.8 Å². The molecule has 0 radical (unpaired) electrons. The normalized spacial score (nSPS) is 10.9. The molecule has 0 aliphatic carbocycles. The third-order valence-corrected chi connectivity index (χ3v) is 12.7. The van der Waals surface area contributed by atoms with E-state index in [9.17, 15) is 9.59 Å². The number of ether oxygens (including phenoxy) is 2. The van der Waals surface area contributed by atoms with Crippen molar-refractivity contribution >= 4 is 72.3 Å². The van der Waals surface area contributed by atoms with Crippen LogP contribution in [0.5, 0.6) is 0 Å². The van der Waals surface area contributed by atoms with Crippen LogP contribution in [0.25, 0.3) is 0 Å². The average molecular weight is 753 g/mol. The Morgan fingerprint density at radius 1 is 0.463 bits per heavy atom. The number of hydrogen-bond donors (Lipinski definition) is 2. The van der Waals surface area contributed by atoms with Crippen LogP contribution in [-0.4, -0.2) is 37.8 Å². The lowest BCUT2D eigenvalue weighted by Crippen LogP contribution is -2.24. The maximum Gasteiger partial charge on any atom is 0.427 e. The molecule has 54 heavy (non-hydrogen) atoms. The van der Waals surface area contributed by atoms with Crippen molar-refractivity contribution in [3.8, 4) is 0 Å². The zero-order valence-corrected chi connectivity index (χ0v) is 31.9. The predicted octanol–water partition coefficient (Wildman–Crippen LogP) is 7.05.